The number of hydrogen-bond donors (Lipinski definition) is 3. The lowest BCUT2D eigenvalue weighted by atomic mass is 9.63. The predicted molar refractivity (Wildman–Crippen MR) is 852 cm³/mol. The van der Waals surface area contributed by atoms with Gasteiger partial charge in [0.25, 0.3) is 0 Å². The second-order valence-corrected chi connectivity index (χ2v) is 15.4. The van der Waals surface area contributed by atoms with Crippen molar-refractivity contribution in [2.75, 3.05) is 0 Å². The average Bonchev–Trinajstić information content (AvgIpc) is 3.99. The van der Waals surface area contributed by atoms with E-state index >= 15 is 0 Å². The van der Waals surface area contributed by atoms with Crippen LogP contribution in [-0.2, 0) is 14.3 Å². The van der Waals surface area contributed by atoms with E-state index in [1.807, 2.05) is 26.8 Å². The van der Waals surface area contributed by atoms with E-state index in [-0.39, 0.29) is 462 Å². The van der Waals surface area contributed by atoms with Gasteiger partial charge in [0.05, 0.1) is 52.9 Å². The monoisotopic (exact) mass is 1310 g/mol. The highest BCUT2D eigenvalue weighted by Crippen LogP contribution is 2.57. The molecular formula is C36H696N2O5S. The highest BCUT2D eigenvalue weighted by Gasteiger charge is 2.65. The van der Waals surface area contributed by atoms with Gasteiger partial charge in [-0.15, -0.1) is 11.3 Å². The third-order valence-electron chi connectivity index (χ3n) is 11.3. The van der Waals surface area contributed by atoms with Gasteiger partial charge in [0.2, 0.25) is 5.91 Å². The molecule has 44 heavy (non-hydrogen) atoms. The predicted octanol–water partition coefficient (Wildman–Crippen LogP) is 85.5. The van der Waals surface area contributed by atoms with Gasteiger partial charge in [0.15, 0.2) is 0 Å². The molecule has 0 radical (unpaired) electrons. The van der Waals surface area contributed by atoms with Crippen LogP contribution in [0, 0.1) is 29.1 Å². The molecule has 2 saturated heterocycles. The second kappa shape index (κ2) is 14.4. The fraction of sp³-hybridized carbons (Fsp3) is 0.806. The van der Waals surface area contributed by atoms with E-state index in [0.29, 0.717) is 23.9 Å². The standard InChI is InChI=1S/C36H60N2O5S.318H2/c1-12-25-16-15-17-36(14-3)34(10,43-36)19-28(26(13-2)18-27-20-44-33(37-27)21(4)5)38-32(42)24(9)31(41)35(11,22(6)7)30(40)23(8)29(25)39;;;;;;;;;;;;;;;;;;;;;;;;;;;;;;;;;;;;;;;;;;;;;;;;;;;;;;;;;;;;;;;;;;;;;;;;;;;;;;;;;;;;;;;;;;;;;;;;;;;;;;;;;;;;;;;;;;;;;;;;;;;;;;;;;;;;;;;;;;;;;;;;;;;;;;;;;;;;;;;;;;;;;;;;;;;;;;;;;;;;;;;;;;;;;;;;;;;;;;;;;;;;;;;;;;;;;;;;;;;;;;;;;;;;;;;;;;;;;;;;;;;;;;;;;;;;;;;;;;;;;;;;;;;;;;;;;;;;;;;;;;;;;;;;;;;;;;;;;;;;;;;;;;;;;;;;;;;;;;/h18,20-25,28-29,31,39,41H,12-17,19H2,1-11H3,(H,38,42);318*1H/b26-18+;;;;;;;;;;;;;;;;;;;;;;;;;;;;;;;;;;;;;;;;;;;;;;;;;;;;;;;;;;;;;;;;;;;;;;;;;;;;;;;;;;;;;;;;;;;;;;;;;;;;;;;;;;;;;;;;;;;;;;;;;;;;;;;;;;;;;;;;;;;;;;;;;;;;;;;;;;;;;;;;;;;;;;;;;;;;;;;;;;;;;;;;;;;;;;;;;;;;;;;;;;;;;;;;;;;;;;;;;;;;;;;;;;;;;;;;;;;;;;;;;;;;;;;;;;;;;;;;;;;;;;;;;;;;;;;;;;;;;;;;;;;;;;;;;;;;;;;;;;;;;;;;;;;;;;;;;;;;;;/t23-,24?,25+,28+,29-,31+,34+,35?,36-;;;;;;;;;;;;;;;;;;;;;;;;;;;;;;;;;;;;;;;;;;;;;;;;;;;;;;;;;;;;;;;;;;;;;;;;;;;;;;;;;;;;;;;;;;;;;;;;;;;;;;;;;;;;;;;;;;;;;;;;;;;;;;;;;;;;;;;;;;;;;;;;;;;;;;;;;;;;;;;;;;;;;;;;;;;;;;;;;;;;;;;;;;;;;;;;;;;;;;;;;;;;;;;;;;;;;;;;;;;;;;;;;;;;;;;;;;;;;;;;;;;;;;;;;;;;;;;;;;;;;;;;;;;;;;;;;;;;;;;;;;;;;;;;;;;;;;;;;;;;;;;;;;;;;;;;;;;;;;/m1............................................................................................................................................................................................................................................................................................................................../s1/i20D;19*1+1D;;;;;;;;;;;;;;;;;;;;;;;;;;;;;;;;;;;;;;;;;;;;;;;;;;;;;;;;;;;;;;;;;;;;;;;;;;;;;;;;;;;;;;;;;;;;;;;;;;;;;;;;;;;;;;;;;;;;;;;;;;;;;;;;;;;;;;;;;;;;;;;;;;;;;;;;;;;;;;;;;;;;;;;;;;;;;;;;;;;;;;;;;;;;;;;;;;;;;;;;;;;;;;;;;;;;;;;;;;;;;;;;;;;;;;;;;;;;;;;;;;;;;;;;;;;;;;;;;;;;;;;;;;;;;;;;;;;;;;;;;;;;;;;;;;;;;;;;;;;. The summed E-state index contributed by atoms with van der Waals surface area (Å²) in [6.07, 6.45) is 5.08. The van der Waals surface area contributed by atoms with Gasteiger partial charge in [-0.05, 0) is 63.0 Å². The number of ether oxygens (including phenoxy) is 1. The lowest BCUT2D eigenvalue weighted by Gasteiger charge is -2.42. The topological polar surface area (TPSA) is 112 Å². The van der Waals surface area contributed by atoms with Crippen molar-refractivity contribution in [2.24, 2.45) is 29.1 Å². The molecule has 1 aromatic heterocycles. The number of carbonyl (C=O) groups is 2. The molecule has 2 aliphatic heterocycles. The number of aliphatic hydroxyl groups excluding tert-OH is 2. The number of aromatic nitrogens is 1. The Morgan fingerprint density at radius 1 is 1.25 bits per heavy atom. The summed E-state index contributed by atoms with van der Waals surface area (Å²) in [6.45, 7) is 21.5. The minimum absolute atomic E-state index is 0. The second-order valence-electron chi connectivity index (χ2n) is 14.6. The molecule has 3 heterocycles. The van der Waals surface area contributed by atoms with E-state index in [1.54, 1.807) is 20.8 Å². The molecule has 2 fully saturated rings. The highest BCUT2D eigenvalue weighted by atomic mass is 32.1. The Morgan fingerprint density at radius 2 is 1.91 bits per heavy atom. The first-order chi connectivity index (χ1) is 39.9. The molecule has 9 atom stereocenters. The van der Waals surface area contributed by atoms with Crippen LogP contribution in [-0.4, -0.2) is 56.3 Å². The molecule has 8 heteroatoms. The number of aliphatic hydroxyl groups is 2. The molecule has 0 aliphatic carbocycles. The number of ketones is 1. The number of fused-ring (bicyclic) bond motifs is 1. The number of thiazole rings is 1. The summed E-state index contributed by atoms with van der Waals surface area (Å²) in [7, 11) is 0. The van der Waals surface area contributed by atoms with Gasteiger partial charge < -0.3 is 20.3 Å². The Labute approximate surface area is 774 Å². The fourth-order valence-corrected chi connectivity index (χ4v) is 8.19. The number of nitrogens with one attached hydrogen (secondary N) is 1. The Hall–Kier alpha value is -1.61. The van der Waals surface area contributed by atoms with Crippen LogP contribution in [0.25, 0.3) is 6.08 Å². The van der Waals surface area contributed by atoms with Crippen LogP contribution in [0.3, 0.4) is 0 Å². The van der Waals surface area contributed by atoms with Crippen molar-refractivity contribution in [2.45, 2.75) is 156 Å². The smallest absolute Gasteiger partial charge is 0.225 e. The van der Waals surface area contributed by atoms with Crippen LogP contribution in [0.4, 0.5) is 0 Å². The van der Waals surface area contributed by atoms with E-state index in [4.69, 9.17) is 67.5 Å². The van der Waals surface area contributed by atoms with Crippen LogP contribution in [0.2, 0.25) is 0 Å². The molecule has 7 nitrogen and oxygen atoms in total. The molecule has 3 rings (SSSR count). The molecule has 3 N–H and O–H groups in total. The summed E-state index contributed by atoms with van der Waals surface area (Å²) in [5.74, 6) is -2.21. The van der Waals surface area contributed by atoms with Crippen molar-refractivity contribution in [3.8, 4) is 0 Å². The number of Topliss-reactive ketones (excluding diaryl/α,β-unsaturated/α-hetero) is 1. The Kier molecular flexibility index (Phi) is 5.75. The number of hydrogen-bond acceptors (Lipinski definition) is 7. The van der Waals surface area contributed by atoms with Crippen LogP contribution in [0.1, 0.15) is 622 Å². The lowest BCUT2D eigenvalue weighted by Crippen LogP contribution is -2.55. The van der Waals surface area contributed by atoms with Crippen LogP contribution in [0.15, 0.2) is 10.9 Å². The largest absolute Gasteiger partial charge is 0.392 e. The van der Waals surface area contributed by atoms with Gasteiger partial charge >= 0.3 is 0 Å². The molecule has 1 amide bonds. The summed E-state index contributed by atoms with van der Waals surface area (Å²) >= 11 is 1.38. The van der Waals surface area contributed by atoms with Gasteiger partial charge in [0.1, 0.15) is 5.78 Å². The van der Waals surface area contributed by atoms with E-state index in [9.17, 15) is 19.8 Å². The molecule has 0 saturated carbocycles. The zero-order valence-electron chi connectivity index (χ0n) is 68.1. The minimum Gasteiger partial charge on any atom is -0.392 e. The van der Waals surface area contributed by atoms with Crippen LogP contribution < -0.4 is 5.32 Å². The first-order valence-electron chi connectivity index (χ1n) is 36.5. The third kappa shape index (κ3) is 7.19. The van der Waals surface area contributed by atoms with Crippen molar-refractivity contribution < 1.29 is 509 Å². The molecular weight excluding hydrogens is 572 g/mol. The van der Waals surface area contributed by atoms with Crippen LogP contribution >= 0.6 is 11.3 Å². The van der Waals surface area contributed by atoms with E-state index in [2.05, 4.69) is 39.9 Å². The van der Waals surface area contributed by atoms with E-state index in [1.165, 1.54) is 11.3 Å². The molecule has 0 bridgehead atoms. The van der Waals surface area contributed by atoms with Gasteiger partial charge in [-0.25, -0.2) is 4.98 Å². The number of nitrogens with zero attached hydrogens (tertiary/aromatic N) is 1. The van der Waals surface area contributed by atoms with Crippen molar-refractivity contribution in [3.05, 3.63) is 21.6 Å². The van der Waals surface area contributed by atoms with Gasteiger partial charge in [-0.2, -0.15) is 0 Å². The summed E-state index contributed by atoms with van der Waals surface area (Å²) in [5, 5.41) is 27.8. The Bertz CT molecular complexity index is 1420. The lowest BCUT2D eigenvalue weighted by molar-refractivity contribution is -0.153. The summed E-state index contributed by atoms with van der Waals surface area (Å²) in [5.41, 5.74) is -0.494. The molecule has 2 aliphatic rings. The number of carbonyl (C=O) groups excluding carboxylic acids is 2. The molecule has 1 aromatic rings. The van der Waals surface area contributed by atoms with Gasteiger partial charge in [-0.3, -0.25) is 9.59 Å². The zero-order chi connectivity index (χ0) is 72.1. The number of rotatable bonds is 7. The Balaban J connectivity index is -0.000000000398. The summed E-state index contributed by atoms with van der Waals surface area (Å²) in [4.78, 5) is 32.9. The van der Waals surface area contributed by atoms with Crippen LogP contribution in [0.5, 0.6) is 0 Å². The maximum absolute atomic E-state index is 14.1. The molecule has 2 unspecified atom stereocenters. The van der Waals surface area contributed by atoms with Crippen molar-refractivity contribution in [3.63, 3.8) is 0 Å². The first-order valence-corrected chi connectivity index (χ1v) is 17.8. The first kappa shape index (κ1) is 17.5. The van der Waals surface area contributed by atoms with E-state index in [0.717, 1.165) is 42.7 Å². The quantitative estimate of drug-likeness (QED) is 0.235. The SMILES string of the molecule is [2H][2H].[2H][2H].[2H][2H].[2H][2H].[2H][2H].[2H][2H].[2H][2H].[2H][2H].[2H][2H].[2H][2H].[2H][2H].[2H][2H].[2H][2H].[2H][2H].[2H][2H].[2H][2H].[2H][2H].[2H][2H].[2H][2H].[2H]c1sc(C(C)C)nc1/C=C(\CC)[C@@H]1C[C@]2(C)O[C@]2(CC)CCC[C@H](CC)[C@H](O)[C@@H](C)C(=O)C(C)(C(C)C)[C@@H](O)C(C)C(=O)N1.[HH].[HH].[HH].[HH].[HH].[HH].[HH].[HH].[HH].[HH].[HH].[HH].[HH].[HH].[HH].[HH].[HH].[HH].[HH].[HH].[HH].[HH].[HH].[HH].[HH].[HH].[HH].[HH].[HH].[HH].[HH].[HH].[HH].[HH].[HH].[HH].[HH].[HH].[HH].[HH].[HH].[HH].[HH].[HH].[HH].[HH].[HH].[HH].[HH].[HH].[HH].[HH].[HH].[HH].[HH].[HH].[HH].[HH].[HH].[HH].[HH].[HH].[HH].[HH].[HH].[HH].[HH].[HH].[HH].[HH].[HH].[HH].[HH].[HH].[HH].[HH].[HH].[HH].[HH].[HH].[HH].[HH].[HH].[HH].[HH].[HH].[HH].[HH].[HH].[HH].[HH].[HH].[HH].[HH].[HH].[HH].[HH].[HH].[HH].[HH].[HH].[HH].[HH].[HH].[HH].[HH].[HH].[HH].[HH].[HH].[HH].[HH].[HH].[HH].[HH].[HH].[HH].[HH].[HH].[HH].[HH].[HH].[HH].[HH].[HH].[HH].[HH].[HH].[HH].[HH].[HH].[HH].[HH].[HH].[HH].[HH].[HH].[HH].[HH].[HH].[HH].[HH].[HH].[HH].[HH].[HH].[HH].[HH].[HH].[HH].[HH].[HH].[HH].[HH].[HH].[HH].[HH].[HH].[HH].[HH].[HH].[HH].[HH].[HH].[HH].[HH].[HH].[HH].[HH].[HH].[HH].[HH].[HH].[HH].[HH].[HH].[HH].[HH].[HH].[HH].[HH].[HH].[HH].[HH].[HH].[HH].[HH].[HH].[HH].[HH].[HH].[HH].[HH].[HH].[HH].[HH].[HH].[HH].[HH].[HH].[HH].[HH].[HH].[HH].[HH].[HH].[HH].[HH].[HH].[HH].[HH].[HH].[HH].[HH].[HH].[HH].[HH].[HH].[HH].[HH].[HH].[HH].[HH].[HH].[HH].[HH].[HH].[HH].[HH].[HH].[HH].[HH].[HH].[HH].[HH].[HH].[HH].[HH].[HH].[HH].[HH].[HH].[HH].[HH].[HH].[HH].[HH].[HH].[HH].[HH].[HH].[HH].[HH].[HH].[HH].[HH].[HH].[HH].[HH].[HH].[HH].[HH].[HH].[HH].[HH].[HH].[HH].[HH].[HH].[HH].[HH].[HH].[HH].[HH].[HH].[HH].[HH].[HH].[HH].[HH].[HH].[HH].[HH].[HH].[HH].[HH].[HH].[HH].[HH].[HH].[HH].[HH].[HH].[HH].[HH].[HH].[HH].[HH].[HH]. The van der Waals surface area contributed by atoms with E-state index < -0.39 is 41.1 Å². The maximum atomic E-state index is 14.1. The normalized spacial score (nSPS) is 41.9. The van der Waals surface area contributed by atoms with Gasteiger partial charge in [0, 0.05) is 507 Å². The van der Waals surface area contributed by atoms with Crippen molar-refractivity contribution in [1.29, 1.82) is 0 Å². The average molecular weight is 1310 g/mol. The number of epoxide rings is 1. The summed E-state index contributed by atoms with van der Waals surface area (Å²) in [6, 6.07) is -0.405. The minimum atomic E-state index is -1.25. The fourth-order valence-electron chi connectivity index (χ4n) is 7.50. The molecule has 0 aromatic carbocycles. The Morgan fingerprint density at radius 3 is 2.43 bits per heavy atom. The molecule has 886 valence electrons. The summed E-state index contributed by atoms with van der Waals surface area (Å²) < 4.78 is 205. The number of amides is 1. The van der Waals surface area contributed by atoms with Crippen molar-refractivity contribution in [1.82, 2.24) is 10.3 Å². The highest BCUT2D eigenvalue weighted by molar-refractivity contribution is 7.09. The zero-order valence-corrected chi connectivity index (χ0v) is 29.9. The van der Waals surface area contributed by atoms with Crippen molar-refractivity contribution >= 4 is 29.1 Å². The maximum Gasteiger partial charge on any atom is 0.225 e. The van der Waals surface area contributed by atoms with Gasteiger partial charge in [-0.1, -0.05) is 75.2 Å². The third-order valence-corrected chi connectivity index (χ3v) is 12.4. The molecule has 0 spiro atoms.